The monoisotopic (exact) mass is 639 g/mol. The van der Waals surface area contributed by atoms with Crippen LogP contribution < -0.4 is 4.90 Å². The molecule has 0 saturated heterocycles. The molecule has 0 unspecified atom stereocenters. The maximum absolute atomic E-state index is 2.46. The number of anilines is 3. The lowest BCUT2D eigenvalue weighted by Crippen LogP contribution is -2.17. The van der Waals surface area contributed by atoms with E-state index in [1.807, 2.05) is 0 Å². The van der Waals surface area contributed by atoms with Crippen LogP contribution in [0.5, 0.6) is 0 Å². The molecule has 0 N–H and O–H groups in total. The zero-order valence-corrected chi connectivity index (χ0v) is 28.3. The van der Waals surface area contributed by atoms with Crippen molar-refractivity contribution in [2.45, 2.75) is 19.3 Å². The molecule has 1 nitrogen and oxygen atoms in total. The zero-order chi connectivity index (χ0) is 33.7. The van der Waals surface area contributed by atoms with Crippen molar-refractivity contribution in [3.05, 3.63) is 199 Å². The third-order valence-electron chi connectivity index (χ3n) is 10.5. The van der Waals surface area contributed by atoms with E-state index in [1.54, 1.807) is 0 Å². The molecule has 0 aliphatic heterocycles. The summed E-state index contributed by atoms with van der Waals surface area (Å²) in [6.07, 6.45) is 0. The van der Waals surface area contributed by atoms with E-state index in [0.717, 1.165) is 17.1 Å². The van der Waals surface area contributed by atoms with Gasteiger partial charge in [-0.05, 0) is 91.2 Å². The SMILES string of the molecule is CC1(C)c2ccccc2-c2ccc(N(c3ccc(-c4ccccc4-c4ccccc4)cc3)c3ccc4ccccc4c3-c3ccccc3)cc21. The molecule has 0 radical (unpaired) electrons. The van der Waals surface area contributed by atoms with Crippen LogP contribution in [0.4, 0.5) is 17.1 Å². The van der Waals surface area contributed by atoms with Crippen molar-refractivity contribution in [2.75, 3.05) is 4.90 Å². The molecule has 0 aromatic heterocycles. The Bertz CT molecular complexity index is 2490. The minimum absolute atomic E-state index is 0.107. The number of benzene rings is 8. The number of nitrogens with zero attached hydrogens (tertiary/aromatic N) is 1. The largest absolute Gasteiger partial charge is 0.310 e. The second kappa shape index (κ2) is 12.1. The van der Waals surface area contributed by atoms with Gasteiger partial charge in [0.2, 0.25) is 0 Å². The van der Waals surface area contributed by atoms with Crippen LogP contribution in [-0.4, -0.2) is 0 Å². The zero-order valence-electron chi connectivity index (χ0n) is 28.3. The van der Waals surface area contributed by atoms with E-state index in [-0.39, 0.29) is 5.41 Å². The van der Waals surface area contributed by atoms with E-state index in [9.17, 15) is 0 Å². The lowest BCUT2D eigenvalue weighted by molar-refractivity contribution is 0.660. The van der Waals surface area contributed by atoms with Gasteiger partial charge in [-0.1, -0.05) is 172 Å². The van der Waals surface area contributed by atoms with Gasteiger partial charge in [-0.25, -0.2) is 0 Å². The van der Waals surface area contributed by atoms with E-state index in [2.05, 4.69) is 207 Å². The Hall–Kier alpha value is -6.18. The molecule has 0 bridgehead atoms. The first kappa shape index (κ1) is 29.9. The topological polar surface area (TPSA) is 3.24 Å². The van der Waals surface area contributed by atoms with Crippen molar-refractivity contribution in [3.63, 3.8) is 0 Å². The maximum atomic E-state index is 2.46. The molecule has 0 atom stereocenters. The number of fused-ring (bicyclic) bond motifs is 4. The Balaban J connectivity index is 1.25. The second-order valence-electron chi connectivity index (χ2n) is 13.7. The summed E-state index contributed by atoms with van der Waals surface area (Å²) in [6, 6.07) is 68.6. The van der Waals surface area contributed by atoms with Crippen molar-refractivity contribution in [2.24, 2.45) is 0 Å². The number of rotatable bonds is 6. The van der Waals surface area contributed by atoms with Gasteiger partial charge in [0.05, 0.1) is 5.69 Å². The molecular weight excluding hydrogens is 603 g/mol. The van der Waals surface area contributed by atoms with Crippen LogP contribution in [0.1, 0.15) is 25.0 Å². The van der Waals surface area contributed by atoms with E-state index in [0.29, 0.717) is 0 Å². The minimum atomic E-state index is -0.107. The number of hydrogen-bond donors (Lipinski definition) is 0. The fourth-order valence-corrected chi connectivity index (χ4v) is 8.01. The standard InChI is InChI=1S/C49H37N/c1-49(2)45-24-14-13-23-43(45)44-31-30-39(33-46(44)49)50(47-32-27-35-17-9-10-22-42(35)48(47)37-18-7-4-8-19-37)38-28-25-36(26-29-38)41-21-12-11-20-40(41)34-15-5-3-6-16-34/h3-33H,1-2H3. The Morgan fingerprint density at radius 1 is 0.380 bits per heavy atom. The summed E-state index contributed by atoms with van der Waals surface area (Å²) < 4.78 is 0. The highest BCUT2D eigenvalue weighted by Gasteiger charge is 2.36. The fourth-order valence-electron chi connectivity index (χ4n) is 8.01. The normalized spacial score (nSPS) is 12.8. The van der Waals surface area contributed by atoms with Crippen molar-refractivity contribution in [3.8, 4) is 44.5 Å². The molecule has 0 fully saturated rings. The van der Waals surface area contributed by atoms with Crippen LogP contribution in [0.3, 0.4) is 0 Å². The van der Waals surface area contributed by atoms with Crippen LogP contribution in [0.15, 0.2) is 188 Å². The molecule has 8 aromatic carbocycles. The second-order valence-corrected chi connectivity index (χ2v) is 13.7. The van der Waals surface area contributed by atoms with Crippen LogP contribution >= 0.6 is 0 Å². The van der Waals surface area contributed by atoms with Crippen LogP contribution in [0, 0.1) is 0 Å². The van der Waals surface area contributed by atoms with Gasteiger partial charge in [-0.2, -0.15) is 0 Å². The van der Waals surface area contributed by atoms with Crippen LogP contribution in [-0.2, 0) is 5.41 Å². The number of hydrogen-bond acceptors (Lipinski definition) is 1. The summed E-state index contributed by atoms with van der Waals surface area (Å²) in [5.74, 6) is 0. The predicted molar refractivity (Wildman–Crippen MR) is 213 cm³/mol. The molecule has 0 heterocycles. The van der Waals surface area contributed by atoms with Crippen LogP contribution in [0.2, 0.25) is 0 Å². The van der Waals surface area contributed by atoms with E-state index in [1.165, 1.54) is 66.4 Å². The summed E-state index contributed by atoms with van der Waals surface area (Å²) in [5, 5.41) is 2.47. The van der Waals surface area contributed by atoms with Crippen molar-refractivity contribution < 1.29 is 0 Å². The van der Waals surface area contributed by atoms with Gasteiger partial charge in [-0.15, -0.1) is 0 Å². The van der Waals surface area contributed by atoms with Gasteiger partial charge in [0.25, 0.3) is 0 Å². The van der Waals surface area contributed by atoms with Gasteiger partial charge in [-0.3, -0.25) is 0 Å². The molecule has 238 valence electrons. The molecule has 9 rings (SSSR count). The van der Waals surface area contributed by atoms with Gasteiger partial charge in [0, 0.05) is 22.4 Å². The van der Waals surface area contributed by atoms with E-state index >= 15 is 0 Å². The molecule has 1 aliphatic rings. The Kier molecular flexibility index (Phi) is 7.21. The van der Waals surface area contributed by atoms with Gasteiger partial charge >= 0.3 is 0 Å². The first-order valence-corrected chi connectivity index (χ1v) is 17.4. The van der Waals surface area contributed by atoms with E-state index < -0.39 is 0 Å². The van der Waals surface area contributed by atoms with Gasteiger partial charge < -0.3 is 4.90 Å². The highest BCUT2D eigenvalue weighted by atomic mass is 15.1. The molecule has 1 heteroatoms. The summed E-state index contributed by atoms with van der Waals surface area (Å²) in [5.41, 5.74) is 16.0. The Morgan fingerprint density at radius 2 is 0.920 bits per heavy atom. The molecule has 0 spiro atoms. The third-order valence-corrected chi connectivity index (χ3v) is 10.5. The van der Waals surface area contributed by atoms with E-state index in [4.69, 9.17) is 0 Å². The van der Waals surface area contributed by atoms with Crippen molar-refractivity contribution >= 4 is 27.8 Å². The molecule has 1 aliphatic carbocycles. The Labute approximate surface area is 294 Å². The molecule has 0 amide bonds. The van der Waals surface area contributed by atoms with Crippen LogP contribution in [0.25, 0.3) is 55.3 Å². The highest BCUT2D eigenvalue weighted by molar-refractivity contribution is 6.05. The minimum Gasteiger partial charge on any atom is -0.310 e. The average molecular weight is 640 g/mol. The highest BCUT2D eigenvalue weighted by Crippen LogP contribution is 2.52. The summed E-state index contributed by atoms with van der Waals surface area (Å²) in [6.45, 7) is 4.71. The lowest BCUT2D eigenvalue weighted by atomic mass is 9.82. The van der Waals surface area contributed by atoms with Crippen molar-refractivity contribution in [1.82, 2.24) is 0 Å². The van der Waals surface area contributed by atoms with Gasteiger partial charge in [0.1, 0.15) is 0 Å². The molecule has 50 heavy (non-hydrogen) atoms. The summed E-state index contributed by atoms with van der Waals surface area (Å²) >= 11 is 0. The lowest BCUT2D eigenvalue weighted by Gasteiger charge is -2.30. The first-order valence-electron chi connectivity index (χ1n) is 17.4. The molecule has 8 aromatic rings. The molecule has 0 saturated carbocycles. The fraction of sp³-hybridized carbons (Fsp3) is 0.0612. The predicted octanol–water partition coefficient (Wildman–Crippen LogP) is 13.6. The summed E-state index contributed by atoms with van der Waals surface area (Å²) in [7, 11) is 0. The Morgan fingerprint density at radius 3 is 1.64 bits per heavy atom. The smallest absolute Gasteiger partial charge is 0.0546 e. The quantitative estimate of drug-likeness (QED) is 0.175. The molecular formula is C49H37N. The van der Waals surface area contributed by atoms with Crippen molar-refractivity contribution in [1.29, 1.82) is 0 Å². The maximum Gasteiger partial charge on any atom is 0.0546 e. The average Bonchev–Trinajstić information content (AvgIpc) is 3.41. The third kappa shape index (κ3) is 4.94. The first-order chi connectivity index (χ1) is 24.6. The van der Waals surface area contributed by atoms with Gasteiger partial charge in [0.15, 0.2) is 0 Å². The summed E-state index contributed by atoms with van der Waals surface area (Å²) in [4.78, 5) is 2.46.